The van der Waals surface area contributed by atoms with Gasteiger partial charge in [-0.2, -0.15) is 0 Å². The van der Waals surface area contributed by atoms with Crippen LogP contribution in [0.5, 0.6) is 0 Å². The van der Waals surface area contributed by atoms with Gasteiger partial charge in [0.2, 0.25) is 0 Å². The van der Waals surface area contributed by atoms with E-state index < -0.39 is 0 Å². The second-order valence-corrected chi connectivity index (χ2v) is 4.03. The van der Waals surface area contributed by atoms with Gasteiger partial charge in [-0.05, 0) is 12.8 Å². The van der Waals surface area contributed by atoms with Crippen LogP contribution in [0.2, 0.25) is 0 Å². The maximum atomic E-state index is 9.12. The zero-order valence-electron chi connectivity index (χ0n) is 10.1. The van der Waals surface area contributed by atoms with Gasteiger partial charge in [0.25, 0.3) is 0 Å². The van der Waals surface area contributed by atoms with Crippen molar-refractivity contribution in [3.8, 4) is 0 Å². The molecule has 0 heterocycles. The van der Waals surface area contributed by atoms with Gasteiger partial charge in [0.1, 0.15) is 0 Å². The number of aliphatic hydroxyl groups is 2. The van der Waals surface area contributed by atoms with Crippen LogP contribution in [-0.2, 0) is 4.74 Å². The van der Waals surface area contributed by atoms with Crippen LogP contribution in [0, 0.1) is 0 Å². The molecule has 2 atom stereocenters. The van der Waals surface area contributed by atoms with E-state index in [9.17, 15) is 0 Å². The predicted octanol–water partition coefficient (Wildman–Crippen LogP) is 2.11. The Morgan fingerprint density at radius 3 is 1.53 bits per heavy atom. The molecule has 15 heavy (non-hydrogen) atoms. The highest BCUT2D eigenvalue weighted by Crippen LogP contribution is 2.11. The van der Waals surface area contributed by atoms with Gasteiger partial charge in [0.05, 0.1) is 25.4 Å². The average molecular weight is 218 g/mol. The van der Waals surface area contributed by atoms with Crippen molar-refractivity contribution >= 4 is 0 Å². The van der Waals surface area contributed by atoms with Crippen LogP contribution in [0.1, 0.15) is 52.4 Å². The van der Waals surface area contributed by atoms with Crippen molar-refractivity contribution in [2.75, 3.05) is 13.2 Å². The van der Waals surface area contributed by atoms with E-state index in [4.69, 9.17) is 14.9 Å². The molecule has 0 saturated heterocycles. The summed E-state index contributed by atoms with van der Waals surface area (Å²) in [4.78, 5) is 0. The second-order valence-electron chi connectivity index (χ2n) is 4.03. The third-order valence-corrected chi connectivity index (χ3v) is 2.55. The molecular formula is C12H26O3. The summed E-state index contributed by atoms with van der Waals surface area (Å²) in [6.07, 6.45) is 5.93. The summed E-state index contributed by atoms with van der Waals surface area (Å²) in [5, 5.41) is 18.2. The largest absolute Gasteiger partial charge is 0.394 e. The minimum atomic E-state index is -0.0982. The molecule has 0 aromatic heterocycles. The summed E-state index contributed by atoms with van der Waals surface area (Å²) in [7, 11) is 0. The molecule has 92 valence electrons. The lowest BCUT2D eigenvalue weighted by Crippen LogP contribution is -2.27. The predicted molar refractivity (Wildman–Crippen MR) is 61.9 cm³/mol. The second kappa shape index (κ2) is 10.4. The van der Waals surface area contributed by atoms with Gasteiger partial charge >= 0.3 is 0 Å². The highest BCUT2D eigenvalue weighted by atomic mass is 16.5. The molecule has 0 rings (SSSR count). The van der Waals surface area contributed by atoms with Crippen LogP contribution in [-0.4, -0.2) is 35.6 Å². The average Bonchev–Trinajstić information content (AvgIpc) is 2.28. The summed E-state index contributed by atoms with van der Waals surface area (Å²) < 4.78 is 5.65. The minimum absolute atomic E-state index is 0.0582. The summed E-state index contributed by atoms with van der Waals surface area (Å²) >= 11 is 0. The van der Waals surface area contributed by atoms with Gasteiger partial charge in [0, 0.05) is 0 Å². The van der Waals surface area contributed by atoms with E-state index in [1.54, 1.807) is 0 Å². The highest BCUT2D eigenvalue weighted by Gasteiger charge is 2.14. The number of hydrogen-bond donors (Lipinski definition) is 2. The summed E-state index contributed by atoms with van der Waals surface area (Å²) in [5.41, 5.74) is 0. The lowest BCUT2D eigenvalue weighted by atomic mass is 10.1. The molecule has 0 spiro atoms. The van der Waals surface area contributed by atoms with E-state index in [0.29, 0.717) is 0 Å². The van der Waals surface area contributed by atoms with E-state index in [1.165, 1.54) is 0 Å². The van der Waals surface area contributed by atoms with E-state index in [0.717, 1.165) is 38.5 Å². The van der Waals surface area contributed by atoms with Crippen LogP contribution < -0.4 is 0 Å². The molecule has 0 aromatic rings. The quantitative estimate of drug-likeness (QED) is 0.590. The van der Waals surface area contributed by atoms with Gasteiger partial charge in [0.15, 0.2) is 0 Å². The molecular weight excluding hydrogens is 192 g/mol. The van der Waals surface area contributed by atoms with Crippen LogP contribution in [0.4, 0.5) is 0 Å². The molecule has 0 fully saturated rings. The molecule has 0 aromatic carbocycles. The van der Waals surface area contributed by atoms with E-state index in [2.05, 4.69) is 13.8 Å². The van der Waals surface area contributed by atoms with Crippen molar-refractivity contribution in [3.05, 3.63) is 0 Å². The Balaban J connectivity index is 3.77. The zero-order chi connectivity index (χ0) is 11.5. The first-order chi connectivity index (χ1) is 7.28. The van der Waals surface area contributed by atoms with Gasteiger partial charge in [-0.1, -0.05) is 39.5 Å². The first-order valence-electron chi connectivity index (χ1n) is 6.15. The summed E-state index contributed by atoms with van der Waals surface area (Å²) in [6, 6.07) is 0. The van der Waals surface area contributed by atoms with Gasteiger partial charge in [-0.15, -0.1) is 0 Å². The molecule has 0 amide bonds. The molecule has 0 bridgehead atoms. The van der Waals surface area contributed by atoms with Crippen LogP contribution >= 0.6 is 0 Å². The molecule has 0 radical (unpaired) electrons. The van der Waals surface area contributed by atoms with Gasteiger partial charge < -0.3 is 14.9 Å². The summed E-state index contributed by atoms with van der Waals surface area (Å²) in [6.45, 7) is 4.36. The number of aliphatic hydroxyl groups excluding tert-OH is 2. The fourth-order valence-electron chi connectivity index (χ4n) is 1.54. The maximum Gasteiger partial charge on any atom is 0.0810 e. The van der Waals surface area contributed by atoms with Crippen molar-refractivity contribution in [1.29, 1.82) is 0 Å². The first-order valence-corrected chi connectivity index (χ1v) is 6.15. The van der Waals surface area contributed by atoms with Crippen molar-refractivity contribution in [3.63, 3.8) is 0 Å². The molecule has 3 nitrogen and oxygen atoms in total. The smallest absolute Gasteiger partial charge is 0.0810 e. The maximum absolute atomic E-state index is 9.12. The van der Waals surface area contributed by atoms with Crippen LogP contribution in [0.3, 0.4) is 0 Å². The van der Waals surface area contributed by atoms with Crippen molar-refractivity contribution in [2.24, 2.45) is 0 Å². The zero-order valence-corrected chi connectivity index (χ0v) is 10.1. The van der Waals surface area contributed by atoms with E-state index in [1.807, 2.05) is 0 Å². The molecule has 0 aliphatic carbocycles. The Bertz CT molecular complexity index is 114. The van der Waals surface area contributed by atoms with Crippen LogP contribution in [0.25, 0.3) is 0 Å². The van der Waals surface area contributed by atoms with Gasteiger partial charge in [-0.25, -0.2) is 0 Å². The Labute approximate surface area is 93.5 Å². The fraction of sp³-hybridized carbons (Fsp3) is 1.00. The molecule has 2 unspecified atom stereocenters. The monoisotopic (exact) mass is 218 g/mol. The molecule has 0 saturated carbocycles. The number of hydrogen-bond acceptors (Lipinski definition) is 3. The molecule has 0 aliphatic heterocycles. The van der Waals surface area contributed by atoms with Crippen molar-refractivity contribution in [1.82, 2.24) is 0 Å². The molecule has 2 N–H and O–H groups in total. The summed E-state index contributed by atoms with van der Waals surface area (Å²) in [5.74, 6) is 0. The number of ether oxygens (including phenoxy) is 1. The highest BCUT2D eigenvalue weighted by molar-refractivity contribution is 4.62. The first kappa shape index (κ1) is 14.9. The lowest BCUT2D eigenvalue weighted by molar-refractivity contribution is -0.0673. The minimum Gasteiger partial charge on any atom is -0.394 e. The fourth-order valence-corrected chi connectivity index (χ4v) is 1.54. The lowest BCUT2D eigenvalue weighted by Gasteiger charge is -2.22. The SMILES string of the molecule is CCCCC(CO)OC(CO)CCCC. The molecule has 0 aliphatic rings. The topological polar surface area (TPSA) is 49.7 Å². The standard InChI is InChI=1S/C12H26O3/c1-3-5-7-11(9-13)15-12(10-14)8-6-4-2/h11-14H,3-10H2,1-2H3. The Morgan fingerprint density at radius 2 is 1.27 bits per heavy atom. The molecule has 3 heteroatoms. The van der Waals surface area contributed by atoms with Gasteiger partial charge in [-0.3, -0.25) is 0 Å². The van der Waals surface area contributed by atoms with E-state index in [-0.39, 0.29) is 25.4 Å². The Hall–Kier alpha value is -0.120. The third kappa shape index (κ3) is 7.77. The normalized spacial score (nSPS) is 15.2. The Morgan fingerprint density at radius 1 is 0.867 bits per heavy atom. The van der Waals surface area contributed by atoms with Crippen LogP contribution in [0.15, 0.2) is 0 Å². The number of unbranched alkanes of at least 4 members (excludes halogenated alkanes) is 2. The van der Waals surface area contributed by atoms with Crippen molar-refractivity contribution in [2.45, 2.75) is 64.6 Å². The third-order valence-electron chi connectivity index (χ3n) is 2.55. The van der Waals surface area contributed by atoms with Crippen molar-refractivity contribution < 1.29 is 14.9 Å². The van der Waals surface area contributed by atoms with E-state index >= 15 is 0 Å². The number of rotatable bonds is 10. The Kier molecular flexibility index (Phi) is 10.3.